The molecule has 1 aliphatic heterocycles. The van der Waals surface area contributed by atoms with Gasteiger partial charge in [-0.2, -0.15) is 0 Å². The number of para-hydroxylation sites is 1. The number of benzene rings is 1. The van der Waals surface area contributed by atoms with Gasteiger partial charge in [0, 0.05) is 25.1 Å². The van der Waals surface area contributed by atoms with Crippen molar-refractivity contribution in [2.75, 3.05) is 18.6 Å². The number of amides is 1. The fourth-order valence-corrected chi connectivity index (χ4v) is 3.27. The van der Waals surface area contributed by atoms with Gasteiger partial charge in [-0.1, -0.05) is 23.9 Å². The summed E-state index contributed by atoms with van der Waals surface area (Å²) in [6.07, 6.45) is 0.404. The molecular formula is C14H17NO3S. The molecule has 1 aromatic rings. The highest BCUT2D eigenvalue weighted by atomic mass is 32.2. The highest BCUT2D eigenvalue weighted by molar-refractivity contribution is 8.14. The molecule has 1 aromatic carbocycles. The van der Waals surface area contributed by atoms with Crippen LogP contribution in [0.15, 0.2) is 18.2 Å². The van der Waals surface area contributed by atoms with Gasteiger partial charge in [0.05, 0.1) is 12.8 Å². The minimum Gasteiger partial charge on any atom is -0.495 e. The van der Waals surface area contributed by atoms with E-state index in [1.165, 1.54) is 18.7 Å². The van der Waals surface area contributed by atoms with E-state index in [1.54, 1.807) is 12.0 Å². The Labute approximate surface area is 117 Å². The number of hydrogen-bond donors (Lipinski definition) is 0. The third-order valence-electron chi connectivity index (χ3n) is 3.11. The van der Waals surface area contributed by atoms with Crippen molar-refractivity contribution in [3.8, 4) is 5.75 Å². The zero-order valence-electron chi connectivity index (χ0n) is 11.3. The minimum absolute atomic E-state index is 0.0364. The number of methoxy groups -OCH3 is 1. The molecule has 102 valence electrons. The molecule has 0 N–H and O–H groups in total. The largest absolute Gasteiger partial charge is 0.495 e. The molecule has 0 aromatic heterocycles. The highest BCUT2D eigenvalue weighted by Gasteiger charge is 2.33. The van der Waals surface area contributed by atoms with Crippen LogP contribution >= 0.6 is 11.8 Å². The van der Waals surface area contributed by atoms with E-state index in [9.17, 15) is 9.59 Å². The van der Waals surface area contributed by atoms with Crippen molar-refractivity contribution in [1.82, 2.24) is 0 Å². The van der Waals surface area contributed by atoms with E-state index in [2.05, 4.69) is 0 Å². The average molecular weight is 279 g/mol. The van der Waals surface area contributed by atoms with Gasteiger partial charge in [0.2, 0.25) is 5.91 Å². The lowest BCUT2D eigenvalue weighted by atomic mass is 10.1. The average Bonchev–Trinajstić information content (AvgIpc) is 2.68. The van der Waals surface area contributed by atoms with E-state index < -0.39 is 0 Å². The van der Waals surface area contributed by atoms with Crippen molar-refractivity contribution >= 4 is 28.5 Å². The molecule has 1 unspecified atom stereocenters. The Morgan fingerprint density at radius 1 is 1.47 bits per heavy atom. The summed E-state index contributed by atoms with van der Waals surface area (Å²) >= 11 is 1.24. The van der Waals surface area contributed by atoms with Gasteiger partial charge < -0.3 is 9.64 Å². The Bertz CT molecular complexity index is 515. The molecule has 0 spiro atoms. The first-order valence-corrected chi connectivity index (χ1v) is 7.02. The van der Waals surface area contributed by atoms with Crippen molar-refractivity contribution in [2.24, 2.45) is 0 Å². The lowest BCUT2D eigenvalue weighted by Gasteiger charge is -2.21. The number of thioether (sulfide) groups is 1. The van der Waals surface area contributed by atoms with E-state index >= 15 is 0 Å². The van der Waals surface area contributed by atoms with E-state index in [4.69, 9.17) is 4.74 Å². The monoisotopic (exact) mass is 279 g/mol. The van der Waals surface area contributed by atoms with E-state index in [1.807, 2.05) is 25.1 Å². The van der Waals surface area contributed by atoms with Gasteiger partial charge in [-0.15, -0.1) is 0 Å². The summed E-state index contributed by atoms with van der Waals surface area (Å²) in [6, 6.07) is 5.71. The van der Waals surface area contributed by atoms with Crippen LogP contribution in [0.3, 0.4) is 0 Å². The Morgan fingerprint density at radius 2 is 2.21 bits per heavy atom. The number of hydrogen-bond acceptors (Lipinski definition) is 4. The van der Waals surface area contributed by atoms with Crippen LogP contribution in [0.4, 0.5) is 5.69 Å². The lowest BCUT2D eigenvalue weighted by molar-refractivity contribution is -0.117. The number of nitrogens with zero attached hydrogens (tertiary/aromatic N) is 1. The van der Waals surface area contributed by atoms with Crippen molar-refractivity contribution in [1.29, 1.82) is 0 Å². The van der Waals surface area contributed by atoms with Gasteiger partial charge in [0.1, 0.15) is 5.75 Å². The van der Waals surface area contributed by atoms with Gasteiger partial charge in [-0.05, 0) is 18.6 Å². The van der Waals surface area contributed by atoms with E-state index in [0.717, 1.165) is 11.3 Å². The molecule has 4 nitrogen and oxygen atoms in total. The molecular weight excluding hydrogens is 262 g/mol. The van der Waals surface area contributed by atoms with Crippen molar-refractivity contribution in [3.05, 3.63) is 23.8 Å². The first-order valence-electron chi connectivity index (χ1n) is 6.14. The predicted molar refractivity (Wildman–Crippen MR) is 76.8 cm³/mol. The molecule has 2 rings (SSSR count). The Hall–Kier alpha value is -1.49. The van der Waals surface area contributed by atoms with Crippen molar-refractivity contribution in [3.63, 3.8) is 0 Å². The Kier molecular flexibility index (Phi) is 4.14. The Morgan fingerprint density at radius 3 is 2.84 bits per heavy atom. The van der Waals surface area contributed by atoms with E-state index in [-0.39, 0.29) is 16.3 Å². The molecule has 0 bridgehead atoms. The summed E-state index contributed by atoms with van der Waals surface area (Å²) in [5, 5.41) is 0.0886. The summed E-state index contributed by atoms with van der Waals surface area (Å²) in [5.41, 5.74) is 1.82. The standard InChI is InChI=1S/C14H17NO3S/c1-9-5-4-6-12(18-3)14(9)15-8-11(7-13(15)17)19-10(2)16/h4-6,11H,7-8H2,1-3H3. The van der Waals surface area contributed by atoms with Crippen LogP contribution in [0.1, 0.15) is 18.9 Å². The molecule has 0 radical (unpaired) electrons. The number of ether oxygens (including phenoxy) is 1. The number of carbonyl (C=O) groups excluding carboxylic acids is 2. The molecule has 1 aliphatic rings. The summed E-state index contributed by atoms with van der Waals surface area (Å²) in [5.74, 6) is 0.744. The minimum atomic E-state index is 0.0364. The number of carbonyl (C=O) groups is 2. The molecule has 19 heavy (non-hydrogen) atoms. The third kappa shape index (κ3) is 2.92. The zero-order valence-corrected chi connectivity index (χ0v) is 12.1. The third-order valence-corrected chi connectivity index (χ3v) is 4.09. The number of anilines is 1. The molecule has 1 atom stereocenters. The first-order chi connectivity index (χ1) is 9.02. The van der Waals surface area contributed by atoms with Gasteiger partial charge in [0.25, 0.3) is 0 Å². The summed E-state index contributed by atoms with van der Waals surface area (Å²) in [4.78, 5) is 25.0. The predicted octanol–water partition coefficient (Wildman–Crippen LogP) is 2.39. The topological polar surface area (TPSA) is 46.6 Å². The summed E-state index contributed by atoms with van der Waals surface area (Å²) < 4.78 is 5.34. The second-order valence-electron chi connectivity index (χ2n) is 4.57. The molecule has 5 heteroatoms. The Balaban J connectivity index is 2.28. The van der Waals surface area contributed by atoms with Crippen LogP contribution in [0.25, 0.3) is 0 Å². The molecule has 1 amide bonds. The van der Waals surface area contributed by atoms with Gasteiger partial charge in [-0.3, -0.25) is 9.59 Å². The molecule has 1 saturated heterocycles. The maximum absolute atomic E-state index is 12.1. The zero-order chi connectivity index (χ0) is 14.0. The van der Waals surface area contributed by atoms with Crippen LogP contribution in [-0.4, -0.2) is 29.9 Å². The normalized spacial score (nSPS) is 18.8. The van der Waals surface area contributed by atoms with E-state index in [0.29, 0.717) is 18.7 Å². The first kappa shape index (κ1) is 13.9. The highest BCUT2D eigenvalue weighted by Crippen LogP contribution is 2.36. The van der Waals surface area contributed by atoms with Gasteiger partial charge in [-0.25, -0.2) is 0 Å². The molecule has 1 fully saturated rings. The van der Waals surface area contributed by atoms with Crippen molar-refractivity contribution in [2.45, 2.75) is 25.5 Å². The van der Waals surface area contributed by atoms with Crippen LogP contribution in [0.5, 0.6) is 5.75 Å². The maximum atomic E-state index is 12.1. The van der Waals surface area contributed by atoms with Crippen LogP contribution in [0.2, 0.25) is 0 Å². The van der Waals surface area contributed by atoms with Gasteiger partial charge in [0.15, 0.2) is 5.12 Å². The SMILES string of the molecule is COc1cccc(C)c1N1CC(SC(C)=O)CC1=O. The molecule has 0 saturated carbocycles. The summed E-state index contributed by atoms with van der Waals surface area (Å²) in [6.45, 7) is 4.05. The maximum Gasteiger partial charge on any atom is 0.228 e. The fraction of sp³-hybridized carbons (Fsp3) is 0.429. The quantitative estimate of drug-likeness (QED) is 0.852. The second kappa shape index (κ2) is 5.65. The second-order valence-corrected chi connectivity index (χ2v) is 6.04. The molecule has 0 aliphatic carbocycles. The number of rotatable bonds is 3. The molecule has 1 heterocycles. The van der Waals surface area contributed by atoms with Crippen LogP contribution < -0.4 is 9.64 Å². The lowest BCUT2D eigenvalue weighted by Crippen LogP contribution is -2.26. The summed E-state index contributed by atoms with van der Waals surface area (Å²) in [7, 11) is 1.60. The van der Waals surface area contributed by atoms with Crippen LogP contribution in [-0.2, 0) is 9.59 Å². The van der Waals surface area contributed by atoms with Gasteiger partial charge >= 0.3 is 0 Å². The number of aryl methyl sites for hydroxylation is 1. The van der Waals surface area contributed by atoms with Crippen LogP contribution in [0, 0.1) is 6.92 Å². The van der Waals surface area contributed by atoms with Crippen molar-refractivity contribution < 1.29 is 14.3 Å². The smallest absolute Gasteiger partial charge is 0.228 e. The fourth-order valence-electron chi connectivity index (χ4n) is 2.35.